The number of hydrogen-bond donors (Lipinski definition) is 2. The highest BCUT2D eigenvalue weighted by Gasteiger charge is 2.44. The molecule has 5 rings (SSSR count). The van der Waals surface area contributed by atoms with Crippen molar-refractivity contribution in [1.29, 1.82) is 0 Å². The number of carbonyl (C=O) groups excluding carboxylic acids is 2. The zero-order valence-corrected chi connectivity index (χ0v) is 25.1. The summed E-state index contributed by atoms with van der Waals surface area (Å²) in [5.74, 6) is -1.96. The summed E-state index contributed by atoms with van der Waals surface area (Å²) in [5.41, 5.74) is 1.36. The van der Waals surface area contributed by atoms with Crippen molar-refractivity contribution in [3.05, 3.63) is 89.6 Å². The van der Waals surface area contributed by atoms with Crippen LogP contribution in [0.25, 0.3) is 0 Å². The second-order valence-electron chi connectivity index (χ2n) is 9.32. The molecule has 0 aromatic heterocycles. The zero-order chi connectivity index (χ0) is 30.4. The van der Waals surface area contributed by atoms with Crippen molar-refractivity contribution in [3.63, 3.8) is 0 Å². The van der Waals surface area contributed by atoms with Crippen LogP contribution >= 0.6 is 21.4 Å². The minimum absolute atomic E-state index is 0.128. The van der Waals surface area contributed by atoms with Gasteiger partial charge in [-0.2, -0.15) is 0 Å². The van der Waals surface area contributed by atoms with E-state index < -0.39 is 29.9 Å². The summed E-state index contributed by atoms with van der Waals surface area (Å²) < 4.78 is 58.4. The SMILES string of the molecule is COc1ccc(S(=O)(=O)Cl)cc1NC1=CC=CC2C(=O)c3c(Nc4cc(S(=O)(=O)Cl)ccc4OC)cccc3C(=O)C12. The van der Waals surface area contributed by atoms with Crippen molar-refractivity contribution >= 4 is 68.1 Å². The lowest BCUT2D eigenvalue weighted by molar-refractivity contribution is 0.0795. The summed E-state index contributed by atoms with van der Waals surface area (Å²) in [5, 5.41) is 6.11. The molecule has 0 bridgehead atoms. The molecule has 2 aliphatic carbocycles. The van der Waals surface area contributed by atoms with E-state index in [4.69, 9.17) is 30.8 Å². The molecular weight excluding hydrogens is 627 g/mol. The normalized spacial score (nSPS) is 18.0. The van der Waals surface area contributed by atoms with Gasteiger partial charge in [-0.1, -0.05) is 24.3 Å². The fourth-order valence-electron chi connectivity index (χ4n) is 4.98. The third-order valence-electron chi connectivity index (χ3n) is 6.90. The summed E-state index contributed by atoms with van der Waals surface area (Å²) in [4.78, 5) is 27.5. The van der Waals surface area contributed by atoms with Crippen LogP contribution < -0.4 is 20.1 Å². The average Bonchev–Trinajstić information content (AvgIpc) is 2.94. The molecule has 0 heterocycles. The van der Waals surface area contributed by atoms with Gasteiger partial charge in [-0.25, -0.2) is 16.8 Å². The number of halogens is 2. The van der Waals surface area contributed by atoms with E-state index in [-0.39, 0.29) is 55.3 Å². The Morgan fingerprint density at radius 1 is 0.738 bits per heavy atom. The maximum Gasteiger partial charge on any atom is 0.261 e. The largest absolute Gasteiger partial charge is 0.495 e. The number of anilines is 3. The first-order valence-electron chi connectivity index (χ1n) is 12.2. The maximum absolute atomic E-state index is 13.9. The molecule has 10 nitrogen and oxygen atoms in total. The molecule has 0 spiro atoms. The molecule has 42 heavy (non-hydrogen) atoms. The molecule has 0 saturated carbocycles. The van der Waals surface area contributed by atoms with Gasteiger partial charge in [-0.3, -0.25) is 9.59 Å². The second kappa shape index (κ2) is 11.1. The molecule has 2 unspecified atom stereocenters. The van der Waals surface area contributed by atoms with E-state index >= 15 is 0 Å². The standard InChI is InChI=1S/C28H22Cl2N2O8S2/c1-39-23-11-9-15(41(29,35)36)13-21(23)31-19-7-3-5-17-25(19)27(33)18-6-4-8-20(26(18)28(17)34)32-22-14-16(42(30,37)38)10-12-24(22)40-2/h3-14,17,25,31-32H,1-2H3. The molecule has 0 saturated heterocycles. The molecule has 2 atom stereocenters. The van der Waals surface area contributed by atoms with E-state index in [0.29, 0.717) is 11.4 Å². The smallest absolute Gasteiger partial charge is 0.261 e. The number of carbonyl (C=O) groups is 2. The molecule has 218 valence electrons. The van der Waals surface area contributed by atoms with Crippen LogP contribution in [0.2, 0.25) is 0 Å². The van der Waals surface area contributed by atoms with Crippen molar-refractivity contribution in [2.45, 2.75) is 9.79 Å². The van der Waals surface area contributed by atoms with Crippen LogP contribution in [-0.4, -0.2) is 42.6 Å². The number of hydrogen-bond acceptors (Lipinski definition) is 10. The summed E-state index contributed by atoms with van der Waals surface area (Å²) in [6.45, 7) is 0. The van der Waals surface area contributed by atoms with Gasteiger partial charge in [-0.15, -0.1) is 0 Å². The van der Waals surface area contributed by atoms with Crippen LogP contribution in [0, 0.1) is 11.8 Å². The summed E-state index contributed by atoms with van der Waals surface area (Å²) in [7, 11) is 5.74. The van der Waals surface area contributed by atoms with E-state index in [9.17, 15) is 26.4 Å². The molecule has 0 aliphatic heterocycles. The molecule has 0 radical (unpaired) electrons. The first-order valence-corrected chi connectivity index (χ1v) is 16.8. The number of rotatable bonds is 8. The Hall–Kier alpha value is -3.84. The Morgan fingerprint density at radius 3 is 1.86 bits per heavy atom. The number of nitrogens with one attached hydrogen (secondary N) is 2. The highest BCUT2D eigenvalue weighted by Crippen LogP contribution is 2.43. The van der Waals surface area contributed by atoms with Crippen LogP contribution in [0.15, 0.2) is 88.3 Å². The summed E-state index contributed by atoms with van der Waals surface area (Å²) >= 11 is 0. The number of fused-ring (bicyclic) bond motifs is 2. The quantitative estimate of drug-likeness (QED) is 0.301. The van der Waals surface area contributed by atoms with Crippen molar-refractivity contribution in [3.8, 4) is 11.5 Å². The number of allylic oxidation sites excluding steroid dienone is 4. The lowest BCUT2D eigenvalue weighted by atomic mass is 9.70. The van der Waals surface area contributed by atoms with Gasteiger partial charge >= 0.3 is 0 Å². The number of Topliss-reactive ketones (excluding diaryl/α,β-unsaturated/α-hetero) is 2. The van der Waals surface area contributed by atoms with E-state index in [1.807, 2.05) is 0 Å². The Labute approximate surface area is 250 Å². The number of methoxy groups -OCH3 is 2. The second-order valence-corrected chi connectivity index (χ2v) is 14.4. The lowest BCUT2D eigenvalue weighted by Crippen LogP contribution is -2.39. The molecular formula is C28H22Cl2N2O8S2. The van der Waals surface area contributed by atoms with E-state index in [1.165, 1.54) is 56.7 Å². The minimum atomic E-state index is -4.06. The van der Waals surface area contributed by atoms with Gasteiger partial charge in [0.15, 0.2) is 11.6 Å². The summed E-state index contributed by atoms with van der Waals surface area (Å²) in [6.07, 6.45) is 4.87. The Balaban J connectivity index is 1.54. The summed E-state index contributed by atoms with van der Waals surface area (Å²) in [6, 6.07) is 12.7. The molecule has 3 aromatic rings. The molecule has 3 aromatic carbocycles. The van der Waals surface area contributed by atoms with Crippen molar-refractivity contribution in [2.24, 2.45) is 11.8 Å². The van der Waals surface area contributed by atoms with Gasteiger partial charge in [0, 0.05) is 32.6 Å². The third kappa shape index (κ3) is 5.50. The van der Waals surface area contributed by atoms with Crippen LogP contribution in [0.1, 0.15) is 20.7 Å². The fourth-order valence-corrected chi connectivity index (χ4v) is 6.54. The van der Waals surface area contributed by atoms with Crippen LogP contribution in [-0.2, 0) is 18.1 Å². The van der Waals surface area contributed by atoms with E-state index in [2.05, 4.69) is 10.6 Å². The molecule has 2 N–H and O–H groups in total. The number of benzene rings is 3. The Bertz CT molecular complexity index is 1920. The van der Waals surface area contributed by atoms with Crippen molar-refractivity contribution < 1.29 is 35.9 Å². The van der Waals surface area contributed by atoms with Gasteiger partial charge in [0.1, 0.15) is 11.5 Å². The molecule has 0 amide bonds. The van der Waals surface area contributed by atoms with Crippen molar-refractivity contribution in [1.82, 2.24) is 0 Å². The topological polar surface area (TPSA) is 145 Å². The number of ketones is 2. The van der Waals surface area contributed by atoms with Gasteiger partial charge in [-0.05, 0) is 48.5 Å². The van der Waals surface area contributed by atoms with Crippen LogP contribution in [0.3, 0.4) is 0 Å². The number of ether oxygens (including phenoxy) is 2. The Morgan fingerprint density at radius 2 is 1.31 bits per heavy atom. The van der Waals surface area contributed by atoms with Gasteiger partial charge in [0.2, 0.25) is 0 Å². The third-order valence-corrected chi connectivity index (χ3v) is 9.61. The first-order chi connectivity index (χ1) is 19.8. The van der Waals surface area contributed by atoms with Gasteiger partial charge in [0.05, 0.1) is 58.5 Å². The van der Waals surface area contributed by atoms with Crippen LogP contribution in [0.5, 0.6) is 11.5 Å². The molecule has 2 aliphatic rings. The van der Waals surface area contributed by atoms with E-state index in [1.54, 1.807) is 30.4 Å². The van der Waals surface area contributed by atoms with E-state index in [0.717, 1.165) is 0 Å². The molecule has 0 fully saturated rings. The highest BCUT2D eigenvalue weighted by molar-refractivity contribution is 8.14. The maximum atomic E-state index is 13.9. The zero-order valence-electron chi connectivity index (χ0n) is 21.9. The average molecular weight is 650 g/mol. The Kier molecular flexibility index (Phi) is 7.84. The predicted octanol–water partition coefficient (Wildman–Crippen LogP) is 5.48. The van der Waals surface area contributed by atoms with Crippen molar-refractivity contribution in [2.75, 3.05) is 24.9 Å². The van der Waals surface area contributed by atoms with Gasteiger partial charge < -0.3 is 20.1 Å². The predicted molar refractivity (Wildman–Crippen MR) is 158 cm³/mol. The monoisotopic (exact) mass is 648 g/mol. The lowest BCUT2D eigenvalue weighted by Gasteiger charge is -2.34. The molecule has 14 heteroatoms. The minimum Gasteiger partial charge on any atom is -0.495 e. The van der Waals surface area contributed by atoms with Gasteiger partial charge in [0.25, 0.3) is 18.1 Å². The highest BCUT2D eigenvalue weighted by atomic mass is 35.7. The first kappa shape index (κ1) is 29.6. The van der Waals surface area contributed by atoms with Crippen LogP contribution in [0.4, 0.5) is 17.1 Å². The fraction of sp³-hybridized carbons (Fsp3) is 0.143.